The molecule has 0 radical (unpaired) electrons. The number of nitrogens with two attached hydrogens (primary N) is 4. The van der Waals surface area contributed by atoms with Gasteiger partial charge in [-0.15, -0.1) is 10.2 Å². The number of amides is 1. The first-order valence-corrected chi connectivity index (χ1v) is 8.81. The third kappa shape index (κ3) is 4.18. The summed E-state index contributed by atoms with van der Waals surface area (Å²) in [5.41, 5.74) is -0.220. The minimum absolute atomic E-state index is 0.0268. The molecule has 2 saturated heterocycles. The summed E-state index contributed by atoms with van der Waals surface area (Å²) in [6.45, 7) is 2.03. The summed E-state index contributed by atoms with van der Waals surface area (Å²) in [6.07, 6.45) is 1.02. The second-order valence-corrected chi connectivity index (χ2v) is 7.04. The van der Waals surface area contributed by atoms with Crippen molar-refractivity contribution >= 4 is 23.3 Å². The number of amidine groups is 1. The summed E-state index contributed by atoms with van der Waals surface area (Å²) >= 11 is 6.04. The molecule has 0 bridgehead atoms. The number of nitrogens with zero attached hydrogens (tertiary/aromatic N) is 7. The number of aliphatic imine (C=N–C) groups is 1. The molecule has 0 aromatic carbocycles. The van der Waals surface area contributed by atoms with Crippen LogP contribution in [0.5, 0.6) is 0 Å². The Hall–Kier alpha value is -2.43. The molecular formula is C12H23ClN14O. The van der Waals surface area contributed by atoms with Gasteiger partial charge >= 0.3 is 0 Å². The lowest BCUT2D eigenvalue weighted by atomic mass is 9.89. The normalized spacial score (nSPS) is 28.9. The van der Waals surface area contributed by atoms with Crippen LogP contribution in [-0.4, -0.2) is 59.3 Å². The smallest absolute Gasteiger partial charge is 0.252 e. The third-order valence-corrected chi connectivity index (χ3v) is 5.09. The van der Waals surface area contributed by atoms with E-state index in [1.54, 1.807) is 5.01 Å². The topological polar surface area (TPSA) is 226 Å². The number of nitrogens with one attached hydrogen (secondary N) is 3. The number of carbonyl (C=O) groups is 1. The zero-order chi connectivity index (χ0) is 20.3. The second kappa shape index (κ2) is 8.29. The predicted molar refractivity (Wildman–Crippen MR) is 99.0 cm³/mol. The molecule has 154 valence electrons. The molecule has 2 fully saturated rings. The van der Waals surface area contributed by atoms with Crippen LogP contribution in [-0.2, 0) is 4.79 Å². The molecule has 0 aromatic rings. The number of carbonyl (C=O) groups excluding carboxylic acids is 1. The van der Waals surface area contributed by atoms with E-state index in [0.717, 1.165) is 25.9 Å². The molecular weight excluding hydrogens is 392 g/mol. The van der Waals surface area contributed by atoms with Crippen molar-refractivity contribution in [1.82, 2.24) is 26.0 Å². The van der Waals surface area contributed by atoms with Crippen molar-refractivity contribution < 1.29 is 4.79 Å². The lowest BCUT2D eigenvalue weighted by Gasteiger charge is -2.37. The van der Waals surface area contributed by atoms with Gasteiger partial charge in [-0.1, -0.05) is 22.0 Å². The second-order valence-electron chi connectivity index (χ2n) is 6.66. The summed E-state index contributed by atoms with van der Waals surface area (Å²) in [4.78, 5) is 16.8. The van der Waals surface area contributed by atoms with Gasteiger partial charge in [-0.2, -0.15) is 0 Å². The largest absolute Gasteiger partial charge is 0.355 e. The van der Waals surface area contributed by atoms with Crippen LogP contribution in [0.15, 0.2) is 36.6 Å². The van der Waals surface area contributed by atoms with Crippen molar-refractivity contribution in [3.8, 4) is 0 Å². The van der Waals surface area contributed by atoms with Gasteiger partial charge in [-0.3, -0.25) is 21.8 Å². The minimum Gasteiger partial charge on any atom is -0.355 e. The van der Waals surface area contributed by atoms with E-state index in [2.05, 4.69) is 41.6 Å². The Kier molecular flexibility index (Phi) is 6.01. The van der Waals surface area contributed by atoms with Crippen LogP contribution in [0.25, 0.3) is 0 Å². The van der Waals surface area contributed by atoms with Crippen LogP contribution in [0.4, 0.5) is 0 Å². The van der Waals surface area contributed by atoms with Gasteiger partial charge in [0.2, 0.25) is 5.82 Å². The van der Waals surface area contributed by atoms with Gasteiger partial charge in [0.25, 0.3) is 5.91 Å². The van der Waals surface area contributed by atoms with Gasteiger partial charge in [0.1, 0.15) is 6.29 Å². The Balaban J connectivity index is 1.70. The van der Waals surface area contributed by atoms with E-state index in [9.17, 15) is 4.79 Å². The lowest BCUT2D eigenvalue weighted by molar-refractivity contribution is -0.123. The molecule has 11 N–H and O–H groups in total. The molecule has 3 rings (SSSR count). The highest BCUT2D eigenvalue weighted by Crippen LogP contribution is 2.27. The molecule has 3 aliphatic rings. The van der Waals surface area contributed by atoms with Crippen molar-refractivity contribution in [3.05, 3.63) is 11.0 Å². The number of hydrazine groups is 2. The summed E-state index contributed by atoms with van der Waals surface area (Å²) in [6, 6.07) is -1.06. The Bertz CT molecular complexity index is 726. The van der Waals surface area contributed by atoms with E-state index < -0.39 is 18.2 Å². The quantitative estimate of drug-likeness (QED) is 0.110. The average Bonchev–Trinajstić information content (AvgIpc) is 2.96. The molecule has 15 nitrogen and oxygen atoms in total. The SMILES string of the molecule is NN=NC1=NC(N=NN)=C(Cl)NC1C(=O)NC1NC2(CCN(N)CC2)CN1N. The minimum atomic E-state index is -1.06. The monoisotopic (exact) mass is 414 g/mol. The van der Waals surface area contributed by atoms with Crippen molar-refractivity contribution in [2.45, 2.75) is 30.7 Å². The Morgan fingerprint density at radius 3 is 2.57 bits per heavy atom. The maximum atomic E-state index is 12.8. The standard InChI is InChI=1S/C12H23ClN14O/c13-7-9(23-25-15)19-8(22-24-14)6(18-7)10(28)20-11-21-12(5-27(11)17)1-3-26(16)4-2-12/h6,11,18,21H,1-5,16-17H2,(H2,15,23)(H,20,28)(H2,14,19,22). The van der Waals surface area contributed by atoms with Crippen LogP contribution in [0.3, 0.4) is 0 Å². The molecule has 1 spiro atoms. The first-order valence-electron chi connectivity index (χ1n) is 8.43. The van der Waals surface area contributed by atoms with E-state index in [-0.39, 0.29) is 22.4 Å². The van der Waals surface area contributed by atoms with Gasteiger partial charge in [0, 0.05) is 25.2 Å². The van der Waals surface area contributed by atoms with Crippen LogP contribution in [0, 0.1) is 0 Å². The fraction of sp³-hybridized carbons (Fsp3) is 0.667. The Morgan fingerprint density at radius 1 is 1.25 bits per heavy atom. The first-order chi connectivity index (χ1) is 13.4. The average molecular weight is 415 g/mol. The number of hydrogen-bond acceptors (Lipinski definition) is 12. The third-order valence-electron chi connectivity index (χ3n) is 4.81. The number of hydrogen-bond donors (Lipinski definition) is 7. The summed E-state index contributed by atoms with van der Waals surface area (Å²) in [7, 11) is 0. The van der Waals surface area contributed by atoms with E-state index in [4.69, 9.17) is 35.0 Å². The maximum absolute atomic E-state index is 12.8. The van der Waals surface area contributed by atoms with Gasteiger partial charge in [0.15, 0.2) is 17.0 Å². The van der Waals surface area contributed by atoms with Crippen LogP contribution in [0.1, 0.15) is 12.8 Å². The van der Waals surface area contributed by atoms with Crippen molar-refractivity contribution in [2.75, 3.05) is 19.6 Å². The number of halogens is 1. The molecule has 2 unspecified atom stereocenters. The van der Waals surface area contributed by atoms with Crippen molar-refractivity contribution in [3.63, 3.8) is 0 Å². The zero-order valence-electron chi connectivity index (χ0n) is 14.9. The van der Waals surface area contributed by atoms with Gasteiger partial charge in [0.05, 0.1) is 0 Å². The molecule has 0 aromatic heterocycles. The van der Waals surface area contributed by atoms with E-state index in [0.29, 0.717) is 6.54 Å². The molecule has 0 aliphatic carbocycles. The Morgan fingerprint density at radius 2 is 1.93 bits per heavy atom. The van der Waals surface area contributed by atoms with Gasteiger partial charge in [-0.05, 0) is 12.8 Å². The molecule has 0 saturated carbocycles. The molecule has 3 heterocycles. The number of rotatable bonds is 3. The molecule has 3 aliphatic heterocycles. The van der Waals surface area contributed by atoms with Crippen molar-refractivity contribution in [1.29, 1.82) is 0 Å². The van der Waals surface area contributed by atoms with Gasteiger partial charge < -0.3 is 22.3 Å². The fourth-order valence-electron chi connectivity index (χ4n) is 3.37. The maximum Gasteiger partial charge on any atom is 0.252 e. The zero-order valence-corrected chi connectivity index (χ0v) is 15.7. The fourth-order valence-corrected chi connectivity index (χ4v) is 3.56. The Labute approximate surface area is 165 Å². The number of piperidine rings is 1. The van der Waals surface area contributed by atoms with E-state index in [1.807, 2.05) is 0 Å². The van der Waals surface area contributed by atoms with Gasteiger partial charge in [-0.25, -0.2) is 15.0 Å². The highest BCUT2D eigenvalue weighted by molar-refractivity contribution is 6.30. The molecule has 2 atom stereocenters. The molecule has 16 heteroatoms. The van der Waals surface area contributed by atoms with Crippen LogP contribution in [0.2, 0.25) is 0 Å². The summed E-state index contributed by atoms with van der Waals surface area (Å²) in [5.74, 6) is 21.4. The van der Waals surface area contributed by atoms with E-state index in [1.165, 1.54) is 5.01 Å². The lowest BCUT2D eigenvalue weighted by Crippen LogP contribution is -2.61. The molecule has 1 amide bonds. The summed E-state index contributed by atoms with van der Waals surface area (Å²) in [5, 5.41) is 25.6. The van der Waals surface area contributed by atoms with Crippen LogP contribution >= 0.6 is 11.6 Å². The van der Waals surface area contributed by atoms with Crippen LogP contribution < -0.4 is 39.3 Å². The highest BCUT2D eigenvalue weighted by atomic mass is 35.5. The van der Waals surface area contributed by atoms with Crippen molar-refractivity contribution in [2.24, 2.45) is 49.0 Å². The molecule has 28 heavy (non-hydrogen) atoms. The first kappa shape index (κ1) is 20.3. The van der Waals surface area contributed by atoms with E-state index >= 15 is 0 Å². The summed E-state index contributed by atoms with van der Waals surface area (Å²) < 4.78 is 0. The highest BCUT2D eigenvalue weighted by Gasteiger charge is 2.45. The predicted octanol–water partition coefficient (Wildman–Crippen LogP) is -2.74.